The predicted molar refractivity (Wildman–Crippen MR) is 89.6 cm³/mol. The molecule has 2 amide bonds. The maximum absolute atomic E-state index is 12.5. The van der Waals surface area contributed by atoms with E-state index in [9.17, 15) is 27.0 Å². The van der Waals surface area contributed by atoms with Gasteiger partial charge in [0.25, 0.3) is 5.91 Å². The number of carbonyl (C=O) groups excluding carboxylic acids is 2. The third kappa shape index (κ3) is 4.96. The van der Waals surface area contributed by atoms with Crippen molar-refractivity contribution >= 4 is 22.6 Å². The van der Waals surface area contributed by atoms with E-state index in [1.165, 1.54) is 12.3 Å². The van der Waals surface area contributed by atoms with Gasteiger partial charge < -0.3 is 15.8 Å². The maximum atomic E-state index is 12.5. The molecule has 2 fully saturated rings. The molecule has 27 heavy (non-hydrogen) atoms. The molecule has 1 aromatic rings. The SMILES string of the molecule is NC(=O)CC1(NC(=O)c2cc(OCC(F)(F)F)c(C3CC3)cn2)CS(=O)C1. The molecule has 11 heteroatoms. The van der Waals surface area contributed by atoms with Crippen molar-refractivity contribution in [1.29, 1.82) is 0 Å². The number of amides is 2. The number of hydrogen-bond donors (Lipinski definition) is 2. The number of nitrogens with zero attached hydrogens (tertiary/aromatic N) is 1. The molecule has 148 valence electrons. The highest BCUT2D eigenvalue weighted by Crippen LogP contribution is 2.44. The van der Waals surface area contributed by atoms with Gasteiger partial charge in [0.15, 0.2) is 6.61 Å². The Morgan fingerprint density at radius 1 is 1.37 bits per heavy atom. The Bertz CT molecular complexity index is 788. The van der Waals surface area contributed by atoms with Gasteiger partial charge in [-0.1, -0.05) is 0 Å². The highest BCUT2D eigenvalue weighted by atomic mass is 32.2. The number of alkyl halides is 3. The molecule has 0 spiro atoms. The summed E-state index contributed by atoms with van der Waals surface area (Å²) in [7, 11) is -1.16. The second kappa shape index (κ2) is 7.10. The van der Waals surface area contributed by atoms with Crippen molar-refractivity contribution in [3.05, 3.63) is 23.5 Å². The Morgan fingerprint density at radius 2 is 2.04 bits per heavy atom. The van der Waals surface area contributed by atoms with Crippen LogP contribution in [0.2, 0.25) is 0 Å². The fourth-order valence-electron chi connectivity index (χ4n) is 2.99. The summed E-state index contributed by atoms with van der Waals surface area (Å²) in [5, 5.41) is 2.60. The van der Waals surface area contributed by atoms with Gasteiger partial charge in [0.1, 0.15) is 11.4 Å². The van der Waals surface area contributed by atoms with Crippen molar-refractivity contribution in [3.63, 3.8) is 0 Å². The predicted octanol–water partition coefficient (Wildman–Crippen LogP) is 1.01. The van der Waals surface area contributed by atoms with Crippen LogP contribution in [-0.2, 0) is 15.6 Å². The number of primary amides is 1. The number of ether oxygens (including phenoxy) is 1. The van der Waals surface area contributed by atoms with Gasteiger partial charge in [-0.15, -0.1) is 0 Å². The number of hydrogen-bond acceptors (Lipinski definition) is 5. The van der Waals surface area contributed by atoms with Crippen LogP contribution in [0.1, 0.15) is 41.2 Å². The number of nitrogens with one attached hydrogen (secondary N) is 1. The Morgan fingerprint density at radius 3 is 2.56 bits per heavy atom. The van der Waals surface area contributed by atoms with E-state index in [0.29, 0.717) is 5.56 Å². The Labute approximate surface area is 155 Å². The van der Waals surface area contributed by atoms with Crippen LogP contribution >= 0.6 is 0 Å². The molecule has 0 unspecified atom stereocenters. The lowest BCUT2D eigenvalue weighted by molar-refractivity contribution is -0.153. The number of rotatable bonds is 7. The fraction of sp³-hybridized carbons (Fsp3) is 0.562. The van der Waals surface area contributed by atoms with E-state index in [1.54, 1.807) is 0 Å². The lowest BCUT2D eigenvalue weighted by atomic mass is 9.98. The first kappa shape index (κ1) is 19.6. The summed E-state index contributed by atoms with van der Waals surface area (Å²) in [5.41, 5.74) is 4.56. The second-order valence-corrected chi connectivity index (χ2v) is 8.35. The zero-order chi connectivity index (χ0) is 19.8. The minimum Gasteiger partial charge on any atom is -0.484 e. The van der Waals surface area contributed by atoms with E-state index in [4.69, 9.17) is 10.5 Å². The van der Waals surface area contributed by atoms with Crippen LogP contribution in [0, 0.1) is 0 Å². The zero-order valence-electron chi connectivity index (χ0n) is 14.2. The van der Waals surface area contributed by atoms with Crippen LogP contribution in [0.25, 0.3) is 0 Å². The summed E-state index contributed by atoms with van der Waals surface area (Å²) < 4.78 is 53.8. The Hall–Kier alpha value is -2.17. The van der Waals surface area contributed by atoms with Gasteiger partial charge in [0, 0.05) is 40.1 Å². The molecule has 1 aliphatic heterocycles. The van der Waals surface area contributed by atoms with Gasteiger partial charge in [0.05, 0.1) is 12.0 Å². The van der Waals surface area contributed by atoms with Crippen LogP contribution in [0.3, 0.4) is 0 Å². The van der Waals surface area contributed by atoms with E-state index < -0.39 is 40.9 Å². The number of halogens is 3. The molecular weight excluding hydrogens is 387 g/mol. The van der Waals surface area contributed by atoms with Crippen LogP contribution in [0.5, 0.6) is 5.75 Å². The summed E-state index contributed by atoms with van der Waals surface area (Å²) in [4.78, 5) is 27.7. The average molecular weight is 405 g/mol. The number of aromatic nitrogens is 1. The minimum absolute atomic E-state index is 0.0314. The lowest BCUT2D eigenvalue weighted by Crippen LogP contribution is -2.64. The van der Waals surface area contributed by atoms with E-state index in [0.717, 1.165) is 12.8 Å². The molecule has 3 N–H and O–H groups in total. The molecule has 0 atom stereocenters. The molecule has 0 radical (unpaired) electrons. The van der Waals surface area contributed by atoms with Gasteiger partial charge in [-0.3, -0.25) is 18.8 Å². The smallest absolute Gasteiger partial charge is 0.422 e. The third-order valence-corrected chi connectivity index (χ3v) is 6.05. The van der Waals surface area contributed by atoms with E-state index in [-0.39, 0.29) is 35.3 Å². The first-order valence-electron chi connectivity index (χ1n) is 8.22. The first-order chi connectivity index (χ1) is 12.6. The molecule has 0 aromatic carbocycles. The van der Waals surface area contributed by atoms with Crippen LogP contribution in [-0.4, -0.2) is 50.8 Å². The van der Waals surface area contributed by atoms with Gasteiger partial charge in [-0.2, -0.15) is 13.2 Å². The molecule has 2 heterocycles. The monoisotopic (exact) mass is 405 g/mol. The minimum atomic E-state index is -4.51. The highest BCUT2D eigenvalue weighted by Gasteiger charge is 2.45. The van der Waals surface area contributed by atoms with Gasteiger partial charge >= 0.3 is 6.18 Å². The van der Waals surface area contributed by atoms with Crippen molar-refractivity contribution in [2.24, 2.45) is 5.73 Å². The molecule has 1 saturated heterocycles. The standard InChI is InChI=1S/C16H18F3N3O4S/c17-16(18,19)6-26-12-3-11(21-5-10(12)9-1-2-9)14(24)22-15(4-13(20)23)7-27(25)8-15/h3,5,9H,1-2,4,6-8H2,(H2,20,23)(H,22,24). The molecule has 0 bridgehead atoms. The van der Waals surface area contributed by atoms with Crippen molar-refractivity contribution in [3.8, 4) is 5.75 Å². The van der Waals surface area contributed by atoms with Gasteiger partial charge in [0.2, 0.25) is 5.91 Å². The van der Waals surface area contributed by atoms with Crippen LogP contribution < -0.4 is 15.8 Å². The Balaban J connectivity index is 1.78. The average Bonchev–Trinajstić information content (AvgIpc) is 3.34. The van der Waals surface area contributed by atoms with E-state index in [2.05, 4.69) is 10.3 Å². The van der Waals surface area contributed by atoms with Crippen molar-refractivity contribution < 1.29 is 31.7 Å². The summed E-state index contributed by atoms with van der Waals surface area (Å²) in [6.45, 7) is -1.47. The van der Waals surface area contributed by atoms with Crippen molar-refractivity contribution in [2.45, 2.75) is 36.9 Å². The molecule has 2 aliphatic rings. The highest BCUT2D eigenvalue weighted by molar-refractivity contribution is 7.86. The van der Waals surface area contributed by atoms with E-state index in [1.807, 2.05) is 0 Å². The number of carbonyl (C=O) groups is 2. The van der Waals surface area contributed by atoms with Crippen molar-refractivity contribution in [1.82, 2.24) is 10.3 Å². The molecule has 3 rings (SSSR count). The summed E-state index contributed by atoms with van der Waals surface area (Å²) >= 11 is 0. The molecule has 7 nitrogen and oxygen atoms in total. The summed E-state index contributed by atoms with van der Waals surface area (Å²) in [5.74, 6) is -1.13. The summed E-state index contributed by atoms with van der Waals surface area (Å²) in [6.07, 6.45) is -1.69. The van der Waals surface area contributed by atoms with Gasteiger partial charge in [-0.25, -0.2) is 0 Å². The zero-order valence-corrected chi connectivity index (χ0v) is 15.0. The number of pyridine rings is 1. The van der Waals surface area contributed by atoms with E-state index >= 15 is 0 Å². The quantitative estimate of drug-likeness (QED) is 0.703. The molecule has 1 aromatic heterocycles. The molecule has 1 aliphatic carbocycles. The lowest BCUT2D eigenvalue weighted by Gasteiger charge is -2.40. The maximum Gasteiger partial charge on any atom is 0.422 e. The fourth-order valence-corrected chi connectivity index (χ4v) is 4.48. The normalized spacial score (nSPS) is 24.8. The van der Waals surface area contributed by atoms with Gasteiger partial charge in [-0.05, 0) is 18.8 Å². The first-order valence-corrected chi connectivity index (χ1v) is 9.71. The van der Waals surface area contributed by atoms with Crippen LogP contribution in [0.15, 0.2) is 12.3 Å². The largest absolute Gasteiger partial charge is 0.484 e. The third-order valence-electron chi connectivity index (χ3n) is 4.30. The Kier molecular flexibility index (Phi) is 5.15. The van der Waals surface area contributed by atoms with Crippen LogP contribution in [0.4, 0.5) is 13.2 Å². The summed E-state index contributed by atoms with van der Waals surface area (Å²) in [6, 6.07) is 1.17. The number of nitrogens with two attached hydrogens (primary N) is 1. The topological polar surface area (TPSA) is 111 Å². The molecule has 1 saturated carbocycles. The molecular formula is C16H18F3N3O4S. The van der Waals surface area contributed by atoms with Crippen molar-refractivity contribution in [2.75, 3.05) is 18.1 Å². The second-order valence-electron chi connectivity index (χ2n) is 6.89.